The van der Waals surface area contributed by atoms with Crippen molar-refractivity contribution < 1.29 is 5.11 Å². The van der Waals surface area contributed by atoms with Crippen molar-refractivity contribution >= 4 is 0 Å². The Morgan fingerprint density at radius 1 is 1.20 bits per heavy atom. The standard InChI is InChI=1S/C18H27NO/c1-18(20,17-6-4-3-5-7-17)13-19(2)12-16-11-14-8-9-15(16)10-14/h3-7,14-16,20H,8-13H2,1-2H3. The first-order chi connectivity index (χ1) is 9.54. The highest BCUT2D eigenvalue weighted by Crippen LogP contribution is 2.48. The van der Waals surface area contributed by atoms with Gasteiger partial charge in [0.1, 0.15) is 0 Å². The van der Waals surface area contributed by atoms with Crippen molar-refractivity contribution in [2.75, 3.05) is 20.1 Å². The molecule has 3 rings (SSSR count). The first-order valence-corrected chi connectivity index (χ1v) is 8.01. The van der Waals surface area contributed by atoms with Gasteiger partial charge in [0.05, 0.1) is 5.60 Å². The average molecular weight is 273 g/mol. The van der Waals surface area contributed by atoms with Crippen LogP contribution in [-0.4, -0.2) is 30.1 Å². The second-order valence-electron chi connectivity index (χ2n) is 7.27. The van der Waals surface area contributed by atoms with E-state index in [4.69, 9.17) is 0 Å². The predicted molar refractivity (Wildman–Crippen MR) is 82.4 cm³/mol. The molecule has 0 radical (unpaired) electrons. The molecule has 2 nitrogen and oxygen atoms in total. The maximum atomic E-state index is 10.7. The van der Waals surface area contributed by atoms with E-state index in [-0.39, 0.29) is 0 Å². The topological polar surface area (TPSA) is 23.5 Å². The summed E-state index contributed by atoms with van der Waals surface area (Å²) >= 11 is 0. The zero-order valence-corrected chi connectivity index (χ0v) is 12.8. The molecule has 4 atom stereocenters. The van der Waals surface area contributed by atoms with E-state index in [0.29, 0.717) is 6.54 Å². The highest BCUT2D eigenvalue weighted by atomic mass is 16.3. The number of hydrogen-bond acceptors (Lipinski definition) is 2. The number of aliphatic hydroxyl groups is 1. The molecule has 0 spiro atoms. The molecule has 2 aliphatic carbocycles. The van der Waals surface area contributed by atoms with Gasteiger partial charge in [-0.1, -0.05) is 36.8 Å². The molecule has 0 aliphatic heterocycles. The summed E-state index contributed by atoms with van der Waals surface area (Å²) in [5.41, 5.74) is 0.257. The second kappa shape index (κ2) is 5.50. The highest BCUT2D eigenvalue weighted by Gasteiger charge is 2.40. The van der Waals surface area contributed by atoms with Gasteiger partial charge in [0, 0.05) is 13.1 Å². The van der Waals surface area contributed by atoms with Crippen LogP contribution in [0.5, 0.6) is 0 Å². The minimum absolute atomic E-state index is 0.713. The summed E-state index contributed by atoms with van der Waals surface area (Å²) in [7, 11) is 2.16. The molecular weight excluding hydrogens is 246 g/mol. The molecule has 2 fully saturated rings. The monoisotopic (exact) mass is 273 g/mol. The molecule has 1 N–H and O–H groups in total. The molecule has 1 aromatic rings. The van der Waals surface area contributed by atoms with Gasteiger partial charge in [0.25, 0.3) is 0 Å². The summed E-state index contributed by atoms with van der Waals surface area (Å²) in [5.74, 6) is 2.84. The average Bonchev–Trinajstić information content (AvgIpc) is 3.01. The third-order valence-electron chi connectivity index (χ3n) is 5.40. The van der Waals surface area contributed by atoms with Gasteiger partial charge in [-0.15, -0.1) is 0 Å². The zero-order valence-electron chi connectivity index (χ0n) is 12.8. The highest BCUT2D eigenvalue weighted by molar-refractivity contribution is 5.21. The maximum absolute atomic E-state index is 10.7. The fourth-order valence-corrected chi connectivity index (χ4v) is 4.48. The Balaban J connectivity index is 1.57. The fraction of sp³-hybridized carbons (Fsp3) is 0.667. The molecule has 0 heterocycles. The van der Waals surface area contributed by atoms with E-state index >= 15 is 0 Å². The molecular formula is C18H27NO. The first-order valence-electron chi connectivity index (χ1n) is 8.01. The van der Waals surface area contributed by atoms with Crippen LogP contribution in [0.3, 0.4) is 0 Å². The van der Waals surface area contributed by atoms with Crippen molar-refractivity contribution in [1.29, 1.82) is 0 Å². The molecule has 0 amide bonds. The number of likely N-dealkylation sites (N-methyl/N-ethyl adjacent to an activating group) is 1. The summed E-state index contributed by atoms with van der Waals surface area (Å²) in [4.78, 5) is 2.33. The first kappa shape index (κ1) is 14.1. The van der Waals surface area contributed by atoms with Gasteiger partial charge in [0.2, 0.25) is 0 Å². The third-order valence-corrected chi connectivity index (χ3v) is 5.40. The van der Waals surface area contributed by atoms with Crippen LogP contribution in [0.1, 0.15) is 38.2 Å². The van der Waals surface area contributed by atoms with Crippen molar-refractivity contribution in [1.82, 2.24) is 4.90 Å². The number of rotatable bonds is 5. The van der Waals surface area contributed by atoms with Crippen LogP contribution in [0.15, 0.2) is 30.3 Å². The molecule has 2 bridgehead atoms. The van der Waals surface area contributed by atoms with Gasteiger partial charge < -0.3 is 10.0 Å². The molecule has 20 heavy (non-hydrogen) atoms. The Hall–Kier alpha value is -0.860. The van der Waals surface area contributed by atoms with Crippen molar-refractivity contribution in [3.63, 3.8) is 0 Å². The lowest BCUT2D eigenvalue weighted by Crippen LogP contribution is -2.39. The van der Waals surface area contributed by atoms with E-state index in [1.807, 2.05) is 37.3 Å². The van der Waals surface area contributed by atoms with E-state index in [0.717, 1.165) is 29.9 Å². The Morgan fingerprint density at radius 3 is 2.55 bits per heavy atom. The molecule has 2 aliphatic rings. The van der Waals surface area contributed by atoms with Gasteiger partial charge in [-0.05, 0) is 56.6 Å². The second-order valence-corrected chi connectivity index (χ2v) is 7.27. The van der Waals surface area contributed by atoms with Gasteiger partial charge >= 0.3 is 0 Å². The smallest absolute Gasteiger partial charge is 0.0994 e. The quantitative estimate of drug-likeness (QED) is 0.890. The van der Waals surface area contributed by atoms with E-state index in [9.17, 15) is 5.11 Å². The van der Waals surface area contributed by atoms with Crippen LogP contribution in [-0.2, 0) is 5.60 Å². The number of fused-ring (bicyclic) bond motifs is 2. The van der Waals surface area contributed by atoms with Crippen LogP contribution < -0.4 is 0 Å². The van der Waals surface area contributed by atoms with Gasteiger partial charge in [-0.2, -0.15) is 0 Å². The van der Waals surface area contributed by atoms with Crippen molar-refractivity contribution in [3.05, 3.63) is 35.9 Å². The zero-order chi connectivity index (χ0) is 14.2. The Bertz CT molecular complexity index is 442. The van der Waals surface area contributed by atoms with Crippen molar-refractivity contribution in [2.45, 2.75) is 38.2 Å². The Kier molecular flexibility index (Phi) is 3.87. The summed E-state index contributed by atoms with van der Waals surface area (Å²) in [6.45, 7) is 3.79. The number of hydrogen-bond donors (Lipinski definition) is 1. The molecule has 2 heteroatoms. The van der Waals surface area contributed by atoms with Gasteiger partial charge in [-0.25, -0.2) is 0 Å². The molecule has 0 saturated heterocycles. The SMILES string of the molecule is CN(CC1CC2CCC1C2)CC(C)(O)c1ccccc1. The Morgan fingerprint density at radius 2 is 1.95 bits per heavy atom. The molecule has 1 aromatic carbocycles. The van der Waals surface area contributed by atoms with Crippen LogP contribution >= 0.6 is 0 Å². The third kappa shape index (κ3) is 2.91. The van der Waals surface area contributed by atoms with Crippen LogP contribution in [0, 0.1) is 17.8 Å². The minimum atomic E-state index is -0.756. The largest absolute Gasteiger partial charge is 0.384 e. The van der Waals surface area contributed by atoms with Gasteiger partial charge in [0.15, 0.2) is 0 Å². The van der Waals surface area contributed by atoms with E-state index in [2.05, 4.69) is 11.9 Å². The van der Waals surface area contributed by atoms with E-state index in [1.165, 1.54) is 25.7 Å². The number of benzene rings is 1. The molecule has 0 aromatic heterocycles. The maximum Gasteiger partial charge on any atom is 0.0994 e. The summed E-state index contributed by atoms with van der Waals surface area (Å²) in [6.07, 6.45) is 5.79. The van der Waals surface area contributed by atoms with Gasteiger partial charge in [-0.3, -0.25) is 0 Å². The van der Waals surface area contributed by atoms with E-state index < -0.39 is 5.60 Å². The molecule has 110 valence electrons. The lowest BCUT2D eigenvalue weighted by molar-refractivity contribution is 0.0172. The van der Waals surface area contributed by atoms with Crippen LogP contribution in [0.25, 0.3) is 0 Å². The summed E-state index contributed by atoms with van der Waals surface area (Å²) < 4.78 is 0. The van der Waals surface area contributed by atoms with Crippen LogP contribution in [0.2, 0.25) is 0 Å². The molecule has 4 unspecified atom stereocenters. The lowest BCUT2D eigenvalue weighted by Gasteiger charge is -2.33. The van der Waals surface area contributed by atoms with Crippen molar-refractivity contribution in [3.8, 4) is 0 Å². The minimum Gasteiger partial charge on any atom is -0.384 e. The van der Waals surface area contributed by atoms with Crippen LogP contribution in [0.4, 0.5) is 0 Å². The predicted octanol–water partition coefficient (Wildman–Crippen LogP) is 3.26. The lowest BCUT2D eigenvalue weighted by atomic mass is 9.88. The van der Waals surface area contributed by atoms with E-state index in [1.54, 1.807) is 0 Å². The summed E-state index contributed by atoms with van der Waals surface area (Å²) in [6, 6.07) is 10.0. The summed E-state index contributed by atoms with van der Waals surface area (Å²) in [5, 5.41) is 10.7. The number of nitrogens with zero attached hydrogens (tertiary/aromatic N) is 1. The van der Waals surface area contributed by atoms with Crippen molar-refractivity contribution in [2.24, 2.45) is 17.8 Å². The Labute approximate surface area is 122 Å². The normalized spacial score (nSPS) is 31.7. The fourth-order valence-electron chi connectivity index (χ4n) is 4.48. The molecule has 2 saturated carbocycles.